The second-order valence-corrected chi connectivity index (χ2v) is 6.82. The number of carbonyl (C=O) groups excluding carboxylic acids is 1. The molecule has 1 saturated heterocycles. The molecule has 0 aliphatic carbocycles. The molecule has 0 spiro atoms. The molecule has 0 aromatic heterocycles. The van der Waals surface area contributed by atoms with Crippen molar-refractivity contribution in [3.63, 3.8) is 0 Å². The summed E-state index contributed by atoms with van der Waals surface area (Å²) < 4.78 is 16.2. The van der Waals surface area contributed by atoms with Crippen molar-refractivity contribution in [1.82, 2.24) is 4.90 Å². The van der Waals surface area contributed by atoms with Crippen LogP contribution in [0.3, 0.4) is 0 Å². The third kappa shape index (κ3) is 2.84. The highest BCUT2D eigenvalue weighted by molar-refractivity contribution is 8.18. The summed E-state index contributed by atoms with van der Waals surface area (Å²) >= 11 is 1.44. The van der Waals surface area contributed by atoms with E-state index in [2.05, 4.69) is 9.89 Å². The van der Waals surface area contributed by atoms with Gasteiger partial charge in [-0.15, -0.1) is 0 Å². The molecule has 126 valence electrons. The Hall–Kier alpha value is -2.15. The number of methoxy groups -OCH3 is 1. The van der Waals surface area contributed by atoms with Crippen LogP contribution in [0.2, 0.25) is 0 Å². The minimum absolute atomic E-state index is 0.182. The smallest absolute Gasteiger partial charge is 0.286 e. The van der Waals surface area contributed by atoms with E-state index in [0.29, 0.717) is 22.2 Å². The van der Waals surface area contributed by atoms with E-state index in [4.69, 9.17) is 14.2 Å². The SMILES string of the molecule is COc1cc(/C=C2\SC(N3CCCCC3)=NC2=O)cc2c1OCO2. The van der Waals surface area contributed by atoms with Crippen molar-refractivity contribution in [2.45, 2.75) is 19.3 Å². The number of amides is 1. The van der Waals surface area contributed by atoms with Crippen molar-refractivity contribution in [2.75, 3.05) is 27.0 Å². The lowest BCUT2D eigenvalue weighted by Gasteiger charge is -2.27. The molecule has 3 heterocycles. The maximum absolute atomic E-state index is 12.2. The fourth-order valence-corrected chi connectivity index (χ4v) is 3.97. The molecule has 0 unspecified atom stereocenters. The fourth-order valence-electron chi connectivity index (χ4n) is 3.00. The van der Waals surface area contributed by atoms with Crippen LogP contribution in [0.15, 0.2) is 22.0 Å². The number of likely N-dealkylation sites (tertiary alicyclic amines) is 1. The summed E-state index contributed by atoms with van der Waals surface area (Å²) in [6.45, 7) is 2.14. The van der Waals surface area contributed by atoms with Crippen LogP contribution >= 0.6 is 11.8 Å². The third-order valence-corrected chi connectivity index (χ3v) is 5.26. The molecule has 1 aromatic rings. The molecule has 3 aliphatic heterocycles. The van der Waals surface area contributed by atoms with E-state index < -0.39 is 0 Å². The minimum Gasteiger partial charge on any atom is -0.493 e. The highest BCUT2D eigenvalue weighted by atomic mass is 32.2. The van der Waals surface area contributed by atoms with Gasteiger partial charge in [0.05, 0.1) is 12.0 Å². The highest BCUT2D eigenvalue weighted by Crippen LogP contribution is 2.43. The Balaban J connectivity index is 1.57. The summed E-state index contributed by atoms with van der Waals surface area (Å²) in [5, 5.41) is 0.818. The number of rotatable bonds is 2. The van der Waals surface area contributed by atoms with E-state index in [-0.39, 0.29) is 12.7 Å². The van der Waals surface area contributed by atoms with Crippen LogP contribution in [0.4, 0.5) is 0 Å². The molecule has 7 heteroatoms. The molecular weight excluding hydrogens is 328 g/mol. The van der Waals surface area contributed by atoms with Gasteiger partial charge in [0.15, 0.2) is 16.7 Å². The molecule has 0 radical (unpaired) electrons. The van der Waals surface area contributed by atoms with Crippen molar-refractivity contribution in [3.8, 4) is 17.2 Å². The van der Waals surface area contributed by atoms with Crippen molar-refractivity contribution in [3.05, 3.63) is 22.6 Å². The van der Waals surface area contributed by atoms with Gasteiger partial charge in [-0.25, -0.2) is 0 Å². The summed E-state index contributed by atoms with van der Waals surface area (Å²) in [6.07, 6.45) is 5.40. The number of ether oxygens (including phenoxy) is 3. The van der Waals surface area contributed by atoms with Crippen LogP contribution in [-0.2, 0) is 4.79 Å². The predicted octanol–water partition coefficient (Wildman–Crippen LogP) is 2.88. The van der Waals surface area contributed by atoms with Gasteiger partial charge in [-0.05, 0) is 54.8 Å². The Morgan fingerprint density at radius 1 is 1.25 bits per heavy atom. The molecule has 1 aromatic carbocycles. The van der Waals surface area contributed by atoms with Gasteiger partial charge in [0.2, 0.25) is 12.5 Å². The fraction of sp³-hybridized carbons (Fsp3) is 0.412. The number of benzene rings is 1. The number of aliphatic imine (C=N–C) groups is 1. The van der Waals surface area contributed by atoms with Gasteiger partial charge in [-0.2, -0.15) is 4.99 Å². The minimum atomic E-state index is -0.183. The van der Waals surface area contributed by atoms with E-state index in [0.717, 1.165) is 36.7 Å². The first-order chi connectivity index (χ1) is 11.7. The van der Waals surface area contributed by atoms with Gasteiger partial charge in [0.1, 0.15) is 0 Å². The molecule has 0 bridgehead atoms. The molecular formula is C17H18N2O4S. The summed E-state index contributed by atoms with van der Waals surface area (Å²) in [5.74, 6) is 1.66. The highest BCUT2D eigenvalue weighted by Gasteiger charge is 2.27. The van der Waals surface area contributed by atoms with Crippen molar-refractivity contribution >= 4 is 28.9 Å². The monoisotopic (exact) mass is 346 g/mol. The molecule has 1 fully saturated rings. The lowest BCUT2D eigenvalue weighted by molar-refractivity contribution is -0.113. The van der Waals surface area contributed by atoms with Crippen LogP contribution in [0.5, 0.6) is 17.2 Å². The Labute approximate surface area is 144 Å². The van der Waals surface area contributed by atoms with Crippen molar-refractivity contribution in [1.29, 1.82) is 0 Å². The van der Waals surface area contributed by atoms with Crippen LogP contribution in [-0.4, -0.2) is 43.0 Å². The average Bonchev–Trinajstić information content (AvgIpc) is 3.22. The number of hydrogen-bond donors (Lipinski definition) is 0. The number of amidine groups is 1. The Kier molecular flexibility index (Phi) is 4.10. The first kappa shape index (κ1) is 15.4. The number of hydrogen-bond acceptors (Lipinski definition) is 6. The van der Waals surface area contributed by atoms with E-state index in [1.54, 1.807) is 7.11 Å². The summed E-state index contributed by atoms with van der Waals surface area (Å²) in [4.78, 5) is 19.3. The lowest BCUT2D eigenvalue weighted by Crippen LogP contribution is -2.33. The standard InChI is InChI=1S/C17H18N2O4S/c1-21-12-7-11(8-13-15(12)23-10-22-13)9-14-16(20)18-17(24-14)19-5-3-2-4-6-19/h7-9H,2-6,10H2,1H3/b14-9-. The average molecular weight is 346 g/mol. The third-order valence-electron chi connectivity index (χ3n) is 4.21. The Bertz CT molecular complexity index is 738. The predicted molar refractivity (Wildman–Crippen MR) is 92.6 cm³/mol. The van der Waals surface area contributed by atoms with Crippen molar-refractivity contribution < 1.29 is 19.0 Å². The van der Waals surface area contributed by atoms with Crippen LogP contribution in [0, 0.1) is 0 Å². The van der Waals surface area contributed by atoms with E-state index >= 15 is 0 Å². The van der Waals surface area contributed by atoms with Gasteiger partial charge in [-0.1, -0.05) is 0 Å². The number of carbonyl (C=O) groups is 1. The van der Waals surface area contributed by atoms with Crippen LogP contribution in [0.25, 0.3) is 6.08 Å². The number of piperidine rings is 1. The zero-order chi connectivity index (χ0) is 16.5. The molecule has 3 aliphatic rings. The van der Waals surface area contributed by atoms with Crippen molar-refractivity contribution in [2.24, 2.45) is 4.99 Å². The normalized spacial score (nSPS) is 21.4. The Morgan fingerprint density at radius 2 is 2.08 bits per heavy atom. The molecule has 1 amide bonds. The van der Waals surface area contributed by atoms with Gasteiger partial charge >= 0.3 is 0 Å². The zero-order valence-electron chi connectivity index (χ0n) is 13.4. The second-order valence-electron chi connectivity index (χ2n) is 5.81. The topological polar surface area (TPSA) is 60.4 Å². The number of nitrogens with zero attached hydrogens (tertiary/aromatic N) is 2. The maximum Gasteiger partial charge on any atom is 0.286 e. The van der Waals surface area contributed by atoms with Crippen LogP contribution in [0.1, 0.15) is 24.8 Å². The van der Waals surface area contributed by atoms with Gasteiger partial charge in [0, 0.05) is 13.1 Å². The van der Waals surface area contributed by atoms with Gasteiger partial charge in [0.25, 0.3) is 5.91 Å². The molecule has 0 N–H and O–H groups in total. The molecule has 4 rings (SSSR count). The zero-order valence-corrected chi connectivity index (χ0v) is 14.2. The first-order valence-electron chi connectivity index (χ1n) is 8.00. The summed E-state index contributed by atoms with van der Waals surface area (Å²) in [7, 11) is 1.58. The second kappa shape index (κ2) is 6.39. The lowest BCUT2D eigenvalue weighted by atomic mass is 10.1. The molecule has 0 saturated carbocycles. The molecule has 6 nitrogen and oxygen atoms in total. The summed E-state index contributed by atoms with van der Waals surface area (Å²) in [6, 6.07) is 3.69. The van der Waals surface area contributed by atoms with Gasteiger partial charge < -0.3 is 19.1 Å². The quantitative estimate of drug-likeness (QED) is 0.768. The van der Waals surface area contributed by atoms with Crippen LogP contribution < -0.4 is 14.2 Å². The van der Waals surface area contributed by atoms with E-state index in [9.17, 15) is 4.79 Å². The van der Waals surface area contributed by atoms with Gasteiger partial charge in [-0.3, -0.25) is 4.79 Å². The first-order valence-corrected chi connectivity index (χ1v) is 8.81. The van der Waals surface area contributed by atoms with E-state index in [1.165, 1.54) is 18.2 Å². The summed E-state index contributed by atoms with van der Waals surface area (Å²) in [5.41, 5.74) is 0.835. The largest absolute Gasteiger partial charge is 0.493 e. The maximum atomic E-state index is 12.2. The Morgan fingerprint density at radius 3 is 2.88 bits per heavy atom. The number of fused-ring (bicyclic) bond motifs is 1. The number of thioether (sulfide) groups is 1. The molecule has 24 heavy (non-hydrogen) atoms. The van der Waals surface area contributed by atoms with E-state index in [1.807, 2.05) is 18.2 Å². The molecule has 0 atom stereocenters.